The van der Waals surface area contributed by atoms with Gasteiger partial charge in [-0.15, -0.1) is 0 Å². The van der Waals surface area contributed by atoms with Gasteiger partial charge in [0.15, 0.2) is 11.6 Å². The highest BCUT2D eigenvalue weighted by Crippen LogP contribution is 2.42. The Labute approximate surface area is 248 Å². The number of nitrogens with zero attached hydrogens (tertiary/aromatic N) is 4. The molecule has 0 aliphatic carbocycles. The quantitative estimate of drug-likeness (QED) is 0.313. The third kappa shape index (κ3) is 5.13. The smallest absolute Gasteiger partial charge is 0.254 e. The van der Waals surface area contributed by atoms with Crippen LogP contribution in [-0.2, 0) is 6.54 Å². The number of piperidine rings is 1. The average Bonchev–Trinajstić information content (AvgIpc) is 3.48. The zero-order valence-electron chi connectivity index (χ0n) is 24.3. The maximum Gasteiger partial charge on any atom is 0.254 e. The number of carbonyl (C=O) groups excluding carboxylic acids is 1. The molecule has 0 radical (unpaired) electrons. The first-order valence-electron chi connectivity index (χ1n) is 14.4. The SMILES string of the molecule is COc1c(F)c(-c2ccc(C(=O)N3[C@@H]4CC[C@H]3C[C@@H](N)C4)cc2-c2ccc(C#N)c(F)c2)cc2cnn(CC(C)(C)O)c12. The summed E-state index contributed by atoms with van der Waals surface area (Å²) in [4.78, 5) is 15.8. The minimum atomic E-state index is -1.10. The zero-order chi connectivity index (χ0) is 30.6. The minimum Gasteiger partial charge on any atom is -0.491 e. The third-order valence-electron chi connectivity index (χ3n) is 8.52. The molecule has 1 amide bonds. The van der Waals surface area contributed by atoms with Crippen molar-refractivity contribution in [2.45, 2.75) is 69.8 Å². The topological polar surface area (TPSA) is 117 Å². The standard InChI is InChI=1S/C33H33F2N5O3/c1-33(2,42)17-39-30-21(16-38-39)11-27(29(35)31(30)43-3)25-9-6-19(10-26(25)18-4-5-20(15-36)28(34)12-18)32(41)40-23-7-8-24(40)14-22(37)13-23/h4-6,9-12,16,22-24,42H,7-8,13-14,17,37H2,1-3H3/t22-,23+,24-. The van der Waals surface area contributed by atoms with E-state index in [1.165, 1.54) is 23.9 Å². The summed E-state index contributed by atoms with van der Waals surface area (Å²) in [5.41, 5.74) is 7.21. The molecular weight excluding hydrogens is 552 g/mol. The number of amides is 1. The molecule has 8 nitrogen and oxygen atoms in total. The maximum atomic E-state index is 16.3. The average molecular weight is 586 g/mol. The van der Waals surface area contributed by atoms with E-state index in [0.717, 1.165) is 25.7 Å². The van der Waals surface area contributed by atoms with Crippen molar-refractivity contribution in [2.24, 2.45) is 5.73 Å². The van der Waals surface area contributed by atoms with Crippen molar-refractivity contribution in [3.05, 3.63) is 71.4 Å². The Kier molecular flexibility index (Phi) is 7.19. The zero-order valence-corrected chi connectivity index (χ0v) is 24.3. The molecule has 2 aliphatic heterocycles. The van der Waals surface area contributed by atoms with Crippen LogP contribution in [0.25, 0.3) is 33.2 Å². The van der Waals surface area contributed by atoms with E-state index < -0.39 is 17.2 Å². The van der Waals surface area contributed by atoms with E-state index in [4.69, 9.17) is 10.5 Å². The number of aromatic nitrogens is 2. The van der Waals surface area contributed by atoms with Crippen molar-refractivity contribution in [1.29, 1.82) is 5.26 Å². The highest BCUT2D eigenvalue weighted by Gasteiger charge is 2.42. The molecule has 10 heteroatoms. The number of aliphatic hydroxyl groups is 1. The van der Waals surface area contributed by atoms with Gasteiger partial charge in [-0.2, -0.15) is 10.4 Å². The summed E-state index contributed by atoms with van der Waals surface area (Å²) in [5.74, 6) is -1.56. The molecule has 3 heterocycles. The number of nitriles is 1. The monoisotopic (exact) mass is 585 g/mol. The van der Waals surface area contributed by atoms with Gasteiger partial charge in [0.05, 0.1) is 31.0 Å². The highest BCUT2D eigenvalue weighted by molar-refractivity contribution is 6.00. The second-order valence-electron chi connectivity index (χ2n) is 12.2. The number of halogens is 2. The van der Waals surface area contributed by atoms with Crippen LogP contribution in [0.5, 0.6) is 5.75 Å². The first-order chi connectivity index (χ1) is 20.5. The lowest BCUT2D eigenvalue weighted by molar-refractivity contribution is 0.0572. The Hall–Kier alpha value is -4.33. The van der Waals surface area contributed by atoms with Crippen LogP contribution < -0.4 is 10.5 Å². The first-order valence-corrected chi connectivity index (χ1v) is 14.4. The van der Waals surface area contributed by atoms with E-state index in [0.29, 0.717) is 33.2 Å². The fourth-order valence-electron chi connectivity index (χ4n) is 6.69. The molecule has 3 aromatic carbocycles. The Morgan fingerprint density at radius 2 is 1.84 bits per heavy atom. The van der Waals surface area contributed by atoms with Gasteiger partial charge in [-0.25, -0.2) is 8.78 Å². The number of ether oxygens (including phenoxy) is 1. The van der Waals surface area contributed by atoms with Gasteiger partial charge < -0.3 is 20.5 Å². The molecule has 2 saturated heterocycles. The van der Waals surface area contributed by atoms with E-state index in [1.54, 1.807) is 50.4 Å². The summed E-state index contributed by atoms with van der Waals surface area (Å²) in [6, 6.07) is 12.9. The van der Waals surface area contributed by atoms with E-state index in [-0.39, 0.29) is 47.5 Å². The summed E-state index contributed by atoms with van der Waals surface area (Å²) < 4.78 is 38.2. The predicted molar refractivity (Wildman–Crippen MR) is 158 cm³/mol. The molecular formula is C33H33F2N5O3. The van der Waals surface area contributed by atoms with Crippen molar-refractivity contribution in [3.8, 4) is 34.1 Å². The molecule has 0 unspecified atom stereocenters. The van der Waals surface area contributed by atoms with Crippen LogP contribution >= 0.6 is 0 Å². The van der Waals surface area contributed by atoms with Gasteiger partial charge in [0.2, 0.25) is 0 Å². The van der Waals surface area contributed by atoms with E-state index in [9.17, 15) is 19.6 Å². The molecule has 4 aromatic rings. The summed E-state index contributed by atoms with van der Waals surface area (Å²) in [6.07, 6.45) is 4.88. The lowest BCUT2D eigenvalue weighted by Gasteiger charge is -2.38. The fourth-order valence-corrected chi connectivity index (χ4v) is 6.69. The Morgan fingerprint density at radius 3 is 2.47 bits per heavy atom. The van der Waals surface area contributed by atoms with Crippen LogP contribution in [0.1, 0.15) is 55.5 Å². The number of carbonyl (C=O) groups is 1. The van der Waals surface area contributed by atoms with Crippen molar-refractivity contribution in [2.75, 3.05) is 7.11 Å². The Bertz CT molecular complexity index is 1770. The number of hydrogen-bond acceptors (Lipinski definition) is 6. The molecule has 2 bridgehead atoms. The molecule has 0 spiro atoms. The number of methoxy groups -OCH3 is 1. The van der Waals surface area contributed by atoms with Crippen molar-refractivity contribution in [3.63, 3.8) is 0 Å². The molecule has 2 aliphatic rings. The first kappa shape index (κ1) is 28.8. The molecule has 2 fully saturated rings. The van der Waals surface area contributed by atoms with Gasteiger partial charge in [-0.3, -0.25) is 9.48 Å². The molecule has 1 aromatic heterocycles. The van der Waals surface area contributed by atoms with E-state index in [1.807, 2.05) is 11.0 Å². The summed E-state index contributed by atoms with van der Waals surface area (Å²) in [6.45, 7) is 3.38. The molecule has 3 atom stereocenters. The van der Waals surface area contributed by atoms with Crippen LogP contribution in [-0.4, -0.2) is 56.5 Å². The van der Waals surface area contributed by atoms with E-state index in [2.05, 4.69) is 5.10 Å². The van der Waals surface area contributed by atoms with Crippen molar-refractivity contribution in [1.82, 2.24) is 14.7 Å². The molecule has 6 rings (SSSR count). The largest absolute Gasteiger partial charge is 0.491 e. The van der Waals surface area contributed by atoms with Crippen LogP contribution in [0, 0.1) is 23.0 Å². The number of rotatable bonds is 6. The summed E-state index contributed by atoms with van der Waals surface area (Å²) in [7, 11) is 1.36. The number of fused-ring (bicyclic) bond motifs is 3. The van der Waals surface area contributed by atoms with Crippen molar-refractivity contribution >= 4 is 16.8 Å². The van der Waals surface area contributed by atoms with Gasteiger partial charge in [0.25, 0.3) is 5.91 Å². The van der Waals surface area contributed by atoms with Gasteiger partial charge in [0, 0.05) is 34.6 Å². The third-order valence-corrected chi connectivity index (χ3v) is 8.52. The molecule has 43 heavy (non-hydrogen) atoms. The molecule has 0 saturated carbocycles. The number of nitrogens with two attached hydrogens (primary N) is 1. The Balaban J connectivity index is 1.52. The van der Waals surface area contributed by atoms with Crippen LogP contribution in [0.4, 0.5) is 8.78 Å². The Morgan fingerprint density at radius 1 is 1.12 bits per heavy atom. The van der Waals surface area contributed by atoms with Gasteiger partial charge in [-0.1, -0.05) is 12.1 Å². The van der Waals surface area contributed by atoms with Gasteiger partial charge in [-0.05, 0) is 86.6 Å². The minimum absolute atomic E-state index is 0.0485. The second-order valence-corrected chi connectivity index (χ2v) is 12.2. The summed E-state index contributed by atoms with van der Waals surface area (Å²) in [5, 5.41) is 24.6. The van der Waals surface area contributed by atoms with Gasteiger partial charge in [0.1, 0.15) is 17.4 Å². The van der Waals surface area contributed by atoms with Crippen LogP contribution in [0.2, 0.25) is 0 Å². The number of benzene rings is 3. The highest BCUT2D eigenvalue weighted by atomic mass is 19.1. The molecule has 222 valence electrons. The fraction of sp³-hybridized carbons (Fsp3) is 0.364. The second kappa shape index (κ2) is 10.7. The molecule has 3 N–H and O–H groups in total. The normalized spacial score (nSPS) is 20.0. The predicted octanol–water partition coefficient (Wildman–Crippen LogP) is 5.39. The van der Waals surface area contributed by atoms with Gasteiger partial charge >= 0.3 is 0 Å². The summed E-state index contributed by atoms with van der Waals surface area (Å²) >= 11 is 0. The number of hydrogen-bond donors (Lipinski definition) is 2. The van der Waals surface area contributed by atoms with Crippen LogP contribution in [0.15, 0.2) is 48.7 Å². The van der Waals surface area contributed by atoms with E-state index >= 15 is 4.39 Å². The lowest BCUT2D eigenvalue weighted by Crippen LogP contribution is -2.50. The maximum absolute atomic E-state index is 16.3. The van der Waals surface area contributed by atoms with Crippen LogP contribution in [0.3, 0.4) is 0 Å². The van der Waals surface area contributed by atoms with Crippen molar-refractivity contribution < 1.29 is 23.4 Å². The lowest BCUT2D eigenvalue weighted by atomic mass is 9.90.